The van der Waals surface area contributed by atoms with Gasteiger partial charge in [-0.1, -0.05) is 0 Å². The van der Waals surface area contributed by atoms with E-state index in [1.54, 1.807) is 48.5 Å². The van der Waals surface area contributed by atoms with Gasteiger partial charge in [0, 0.05) is 11.8 Å². The van der Waals surface area contributed by atoms with E-state index in [4.69, 9.17) is 35.9 Å². The molecule has 1 aromatic heterocycles. The SMILES string of the molecule is O=C(NC(=S)Nc1ncccc1OC(=O)c1ccc2c(c1)OCCO2)c1ccc2c(c1)OCCO2. The fourth-order valence-electron chi connectivity index (χ4n) is 3.39. The van der Waals surface area contributed by atoms with Gasteiger partial charge in [0.15, 0.2) is 39.7 Å². The van der Waals surface area contributed by atoms with Crippen molar-refractivity contribution in [2.24, 2.45) is 0 Å². The van der Waals surface area contributed by atoms with Gasteiger partial charge in [-0.3, -0.25) is 10.1 Å². The zero-order valence-corrected chi connectivity index (χ0v) is 19.1. The number of esters is 1. The lowest BCUT2D eigenvalue weighted by atomic mass is 10.2. The van der Waals surface area contributed by atoms with Crippen molar-refractivity contribution in [2.75, 3.05) is 31.7 Å². The molecular weight excluding hydrogens is 474 g/mol. The van der Waals surface area contributed by atoms with Crippen LogP contribution in [0.5, 0.6) is 28.7 Å². The highest BCUT2D eigenvalue weighted by Gasteiger charge is 2.19. The number of benzene rings is 2. The van der Waals surface area contributed by atoms with Crippen LogP contribution in [-0.2, 0) is 0 Å². The predicted octanol–water partition coefficient (Wildman–Crippen LogP) is 2.97. The number of aromatic nitrogens is 1. The van der Waals surface area contributed by atoms with Crippen molar-refractivity contribution in [1.29, 1.82) is 0 Å². The summed E-state index contributed by atoms with van der Waals surface area (Å²) in [5.41, 5.74) is 0.614. The van der Waals surface area contributed by atoms with Gasteiger partial charge < -0.3 is 29.0 Å². The summed E-state index contributed by atoms with van der Waals surface area (Å²) in [6, 6.07) is 12.8. The number of hydrogen-bond donors (Lipinski definition) is 2. The van der Waals surface area contributed by atoms with Crippen molar-refractivity contribution in [2.45, 2.75) is 0 Å². The molecule has 1 amide bonds. The number of nitrogens with zero attached hydrogens (tertiary/aromatic N) is 1. The quantitative estimate of drug-likeness (QED) is 0.415. The van der Waals surface area contributed by atoms with Crippen LogP contribution in [-0.4, -0.2) is 48.4 Å². The Labute approximate surface area is 205 Å². The van der Waals surface area contributed by atoms with Crippen LogP contribution in [0.4, 0.5) is 5.82 Å². The maximum absolute atomic E-state index is 12.7. The van der Waals surface area contributed by atoms with Crippen LogP contribution in [0.25, 0.3) is 0 Å². The smallest absolute Gasteiger partial charge is 0.343 e. The molecule has 0 bridgehead atoms. The molecule has 0 unspecified atom stereocenters. The first kappa shape index (κ1) is 22.4. The molecule has 0 aliphatic carbocycles. The molecule has 178 valence electrons. The van der Waals surface area contributed by atoms with E-state index in [9.17, 15) is 9.59 Å². The highest BCUT2D eigenvalue weighted by atomic mass is 32.1. The van der Waals surface area contributed by atoms with Crippen LogP contribution in [0.1, 0.15) is 20.7 Å². The first-order chi connectivity index (χ1) is 17.1. The first-order valence-corrected chi connectivity index (χ1v) is 11.1. The Kier molecular flexibility index (Phi) is 6.31. The Balaban J connectivity index is 1.25. The summed E-state index contributed by atoms with van der Waals surface area (Å²) in [5, 5.41) is 5.34. The molecule has 3 aromatic rings. The second kappa shape index (κ2) is 9.85. The molecule has 2 aromatic carbocycles. The summed E-state index contributed by atoms with van der Waals surface area (Å²) in [5.74, 6) is 1.31. The van der Waals surface area contributed by atoms with Gasteiger partial charge in [0.1, 0.15) is 26.4 Å². The fourth-order valence-corrected chi connectivity index (χ4v) is 3.58. The van der Waals surface area contributed by atoms with Crippen molar-refractivity contribution in [3.63, 3.8) is 0 Å². The lowest BCUT2D eigenvalue weighted by Gasteiger charge is -2.19. The van der Waals surface area contributed by atoms with Crippen LogP contribution in [0.15, 0.2) is 54.7 Å². The second-order valence-electron chi connectivity index (χ2n) is 7.36. The molecule has 0 fully saturated rings. The minimum Gasteiger partial charge on any atom is -0.486 e. The number of anilines is 1. The molecule has 0 saturated heterocycles. The number of nitrogens with one attached hydrogen (secondary N) is 2. The van der Waals surface area contributed by atoms with E-state index in [0.29, 0.717) is 55.0 Å². The lowest BCUT2D eigenvalue weighted by molar-refractivity contribution is 0.0733. The Morgan fingerprint density at radius 2 is 1.43 bits per heavy atom. The molecule has 5 rings (SSSR count). The van der Waals surface area contributed by atoms with Crippen LogP contribution in [0, 0.1) is 0 Å². The number of carbonyl (C=O) groups is 2. The number of rotatable bonds is 4. The van der Waals surface area contributed by atoms with E-state index in [2.05, 4.69) is 15.6 Å². The van der Waals surface area contributed by atoms with E-state index >= 15 is 0 Å². The van der Waals surface area contributed by atoms with Gasteiger partial charge in [0.2, 0.25) is 0 Å². The third kappa shape index (κ3) is 5.09. The van der Waals surface area contributed by atoms with Crippen molar-refractivity contribution < 1.29 is 33.3 Å². The average molecular weight is 493 g/mol. The maximum atomic E-state index is 12.7. The lowest BCUT2D eigenvalue weighted by Crippen LogP contribution is -2.34. The summed E-state index contributed by atoms with van der Waals surface area (Å²) in [6.07, 6.45) is 1.50. The fraction of sp³-hybridized carbons (Fsp3) is 0.167. The predicted molar refractivity (Wildman–Crippen MR) is 128 cm³/mol. The zero-order valence-electron chi connectivity index (χ0n) is 18.2. The Bertz CT molecular complexity index is 1310. The number of fused-ring (bicyclic) bond motifs is 2. The third-order valence-electron chi connectivity index (χ3n) is 5.01. The van der Waals surface area contributed by atoms with E-state index in [1.807, 2.05) is 0 Å². The minimum atomic E-state index is -0.621. The topological polar surface area (TPSA) is 117 Å². The van der Waals surface area contributed by atoms with Crippen LogP contribution < -0.4 is 34.3 Å². The molecule has 35 heavy (non-hydrogen) atoms. The summed E-state index contributed by atoms with van der Waals surface area (Å²) in [7, 11) is 0. The van der Waals surface area contributed by atoms with Gasteiger partial charge in [0.05, 0.1) is 5.56 Å². The number of carbonyl (C=O) groups excluding carboxylic acids is 2. The first-order valence-electron chi connectivity index (χ1n) is 10.7. The molecule has 0 atom stereocenters. The monoisotopic (exact) mass is 493 g/mol. The Morgan fingerprint density at radius 3 is 2.11 bits per heavy atom. The van der Waals surface area contributed by atoms with Gasteiger partial charge in [-0.2, -0.15) is 0 Å². The van der Waals surface area contributed by atoms with E-state index in [1.165, 1.54) is 6.20 Å². The normalized spacial score (nSPS) is 13.4. The number of thiocarbonyl (C=S) groups is 1. The number of pyridine rings is 1. The van der Waals surface area contributed by atoms with Gasteiger partial charge >= 0.3 is 5.97 Å². The van der Waals surface area contributed by atoms with E-state index in [-0.39, 0.29) is 22.2 Å². The molecule has 2 aliphatic rings. The van der Waals surface area contributed by atoms with Crippen molar-refractivity contribution in [3.8, 4) is 28.7 Å². The summed E-state index contributed by atoms with van der Waals surface area (Å²) in [6.45, 7) is 1.72. The average Bonchev–Trinajstić information content (AvgIpc) is 2.89. The molecule has 0 spiro atoms. The van der Waals surface area contributed by atoms with Gasteiger partial charge in [-0.25, -0.2) is 9.78 Å². The summed E-state index contributed by atoms with van der Waals surface area (Å²) < 4.78 is 27.5. The second-order valence-corrected chi connectivity index (χ2v) is 7.77. The summed E-state index contributed by atoms with van der Waals surface area (Å²) in [4.78, 5) is 29.5. The van der Waals surface area contributed by atoms with Crippen molar-refractivity contribution in [3.05, 3.63) is 65.9 Å². The molecule has 0 radical (unpaired) electrons. The number of hydrogen-bond acceptors (Lipinski definition) is 9. The van der Waals surface area contributed by atoms with Crippen LogP contribution in [0.2, 0.25) is 0 Å². The van der Waals surface area contributed by atoms with Crippen molar-refractivity contribution >= 4 is 35.0 Å². The number of ether oxygens (including phenoxy) is 5. The molecule has 11 heteroatoms. The molecule has 2 aliphatic heterocycles. The van der Waals surface area contributed by atoms with Crippen LogP contribution >= 0.6 is 12.2 Å². The largest absolute Gasteiger partial charge is 0.486 e. The molecule has 2 N–H and O–H groups in total. The van der Waals surface area contributed by atoms with Crippen molar-refractivity contribution in [1.82, 2.24) is 10.3 Å². The molecule has 10 nitrogen and oxygen atoms in total. The molecule has 0 saturated carbocycles. The van der Waals surface area contributed by atoms with Gasteiger partial charge in [-0.05, 0) is 60.7 Å². The Hall–Kier alpha value is -4.38. The van der Waals surface area contributed by atoms with E-state index in [0.717, 1.165) is 0 Å². The highest BCUT2D eigenvalue weighted by molar-refractivity contribution is 7.80. The highest BCUT2D eigenvalue weighted by Crippen LogP contribution is 2.32. The van der Waals surface area contributed by atoms with E-state index < -0.39 is 11.9 Å². The van der Waals surface area contributed by atoms with Crippen LogP contribution in [0.3, 0.4) is 0 Å². The standard InChI is InChI=1S/C24H19N3O7S/c28-22(14-3-5-16-19(12-14)32-10-8-30-16)27-24(35)26-21-18(2-1-7-25-21)34-23(29)15-4-6-17-20(13-15)33-11-9-31-17/h1-7,12-13H,8-11H2,(H2,25,26,27,28,35). The zero-order chi connectivity index (χ0) is 24.2. The minimum absolute atomic E-state index is 0.0276. The third-order valence-corrected chi connectivity index (χ3v) is 5.22. The number of amides is 1. The summed E-state index contributed by atoms with van der Waals surface area (Å²) >= 11 is 5.26. The maximum Gasteiger partial charge on any atom is 0.343 e. The Morgan fingerprint density at radius 1 is 0.829 bits per heavy atom. The van der Waals surface area contributed by atoms with Gasteiger partial charge in [0.25, 0.3) is 5.91 Å². The molecule has 3 heterocycles. The molecular formula is C24H19N3O7S. The van der Waals surface area contributed by atoms with Gasteiger partial charge in [-0.15, -0.1) is 0 Å².